The van der Waals surface area contributed by atoms with Gasteiger partial charge in [0, 0.05) is 22.2 Å². The Labute approximate surface area is 219 Å². The lowest BCUT2D eigenvalue weighted by atomic mass is 9.82. The first-order valence-electron chi connectivity index (χ1n) is 13.2. The van der Waals surface area contributed by atoms with Gasteiger partial charge in [0.1, 0.15) is 0 Å². The highest BCUT2D eigenvalue weighted by atomic mass is 14.9. The molecule has 2 aliphatic rings. The van der Waals surface area contributed by atoms with Gasteiger partial charge in [-0.25, -0.2) is 0 Å². The van der Waals surface area contributed by atoms with Gasteiger partial charge in [0.25, 0.3) is 0 Å². The SMILES string of the molecule is CC1(C)c2ccccc2-c2cc(-c3ccc(Nc4ccc5c(c4)C(C)(C)c4ccccc4-5)cc3)ccc21. The molecule has 5 aromatic rings. The minimum Gasteiger partial charge on any atom is -0.356 e. The molecule has 0 aromatic heterocycles. The van der Waals surface area contributed by atoms with E-state index in [0.717, 1.165) is 11.4 Å². The Kier molecular flexibility index (Phi) is 4.60. The van der Waals surface area contributed by atoms with E-state index in [1.165, 1.54) is 55.6 Å². The molecule has 0 radical (unpaired) electrons. The van der Waals surface area contributed by atoms with E-state index in [0.29, 0.717) is 0 Å². The number of hydrogen-bond acceptors (Lipinski definition) is 1. The van der Waals surface area contributed by atoms with Crippen molar-refractivity contribution < 1.29 is 0 Å². The van der Waals surface area contributed by atoms with Crippen molar-refractivity contribution in [2.45, 2.75) is 38.5 Å². The molecule has 7 rings (SSSR count). The Morgan fingerprint density at radius 1 is 0.405 bits per heavy atom. The average molecular weight is 478 g/mol. The average Bonchev–Trinajstić information content (AvgIpc) is 3.29. The smallest absolute Gasteiger partial charge is 0.0387 e. The number of nitrogens with one attached hydrogen (secondary N) is 1. The molecular weight excluding hydrogens is 446 g/mol. The fourth-order valence-electron chi connectivity index (χ4n) is 6.59. The number of fused-ring (bicyclic) bond motifs is 6. The van der Waals surface area contributed by atoms with Crippen LogP contribution in [0.25, 0.3) is 33.4 Å². The second kappa shape index (κ2) is 7.70. The van der Waals surface area contributed by atoms with Crippen LogP contribution in [0.2, 0.25) is 0 Å². The molecule has 0 unspecified atom stereocenters. The lowest BCUT2D eigenvalue weighted by molar-refractivity contribution is 0.660. The third-order valence-corrected chi connectivity index (χ3v) is 8.67. The highest BCUT2D eigenvalue weighted by molar-refractivity contribution is 5.85. The fraction of sp³-hybridized carbons (Fsp3) is 0.167. The number of benzene rings is 5. The summed E-state index contributed by atoms with van der Waals surface area (Å²) in [4.78, 5) is 0. The predicted molar refractivity (Wildman–Crippen MR) is 157 cm³/mol. The van der Waals surface area contributed by atoms with Gasteiger partial charge < -0.3 is 5.32 Å². The molecule has 5 aromatic carbocycles. The van der Waals surface area contributed by atoms with Gasteiger partial charge in [-0.05, 0) is 86.0 Å². The molecule has 1 heteroatoms. The van der Waals surface area contributed by atoms with Crippen LogP contribution in [-0.2, 0) is 10.8 Å². The second-order valence-electron chi connectivity index (χ2n) is 11.6. The molecule has 0 fully saturated rings. The topological polar surface area (TPSA) is 12.0 Å². The maximum atomic E-state index is 3.64. The van der Waals surface area contributed by atoms with Crippen LogP contribution in [0.4, 0.5) is 11.4 Å². The number of anilines is 2. The van der Waals surface area contributed by atoms with Crippen LogP contribution < -0.4 is 5.32 Å². The van der Waals surface area contributed by atoms with Gasteiger partial charge in [-0.3, -0.25) is 0 Å². The molecule has 0 heterocycles. The summed E-state index contributed by atoms with van der Waals surface area (Å²) in [5.74, 6) is 0. The number of hydrogen-bond donors (Lipinski definition) is 1. The first-order valence-corrected chi connectivity index (χ1v) is 13.2. The third kappa shape index (κ3) is 3.23. The minimum absolute atomic E-state index is 0.00816. The summed E-state index contributed by atoms with van der Waals surface area (Å²) < 4.78 is 0. The van der Waals surface area contributed by atoms with Crippen molar-refractivity contribution in [1.29, 1.82) is 0 Å². The molecule has 1 N–H and O–H groups in total. The molecule has 0 amide bonds. The molecule has 0 saturated carbocycles. The van der Waals surface area contributed by atoms with Crippen molar-refractivity contribution in [3.8, 4) is 33.4 Å². The van der Waals surface area contributed by atoms with E-state index in [2.05, 4.69) is 142 Å². The van der Waals surface area contributed by atoms with Crippen LogP contribution in [0, 0.1) is 0 Å². The van der Waals surface area contributed by atoms with Gasteiger partial charge in [0.2, 0.25) is 0 Å². The lowest BCUT2D eigenvalue weighted by Gasteiger charge is -2.22. The zero-order valence-corrected chi connectivity index (χ0v) is 21.9. The van der Waals surface area contributed by atoms with Gasteiger partial charge in [0.15, 0.2) is 0 Å². The van der Waals surface area contributed by atoms with Gasteiger partial charge in [0.05, 0.1) is 0 Å². The summed E-state index contributed by atoms with van der Waals surface area (Å²) in [6.45, 7) is 9.31. The number of rotatable bonds is 3. The summed E-state index contributed by atoms with van der Waals surface area (Å²) in [5, 5.41) is 3.64. The maximum absolute atomic E-state index is 3.64. The van der Waals surface area contributed by atoms with Crippen molar-refractivity contribution in [3.63, 3.8) is 0 Å². The summed E-state index contributed by atoms with van der Waals surface area (Å²) in [5.41, 5.74) is 15.8. The van der Waals surface area contributed by atoms with E-state index in [1.807, 2.05) is 0 Å². The normalized spacial score (nSPS) is 15.5. The molecule has 37 heavy (non-hydrogen) atoms. The van der Waals surface area contributed by atoms with Crippen molar-refractivity contribution in [2.24, 2.45) is 0 Å². The maximum Gasteiger partial charge on any atom is 0.0387 e. The van der Waals surface area contributed by atoms with Gasteiger partial charge in [-0.2, -0.15) is 0 Å². The first kappa shape index (κ1) is 22.1. The van der Waals surface area contributed by atoms with Crippen LogP contribution in [-0.4, -0.2) is 0 Å². The molecular formula is C36H31N. The van der Waals surface area contributed by atoms with Crippen LogP contribution >= 0.6 is 0 Å². The Balaban J connectivity index is 1.17. The summed E-state index contributed by atoms with van der Waals surface area (Å²) in [6.07, 6.45) is 0. The van der Waals surface area contributed by atoms with Gasteiger partial charge in [-0.1, -0.05) is 107 Å². The molecule has 0 spiro atoms. The molecule has 0 saturated heterocycles. The van der Waals surface area contributed by atoms with Gasteiger partial charge in [-0.15, -0.1) is 0 Å². The molecule has 2 aliphatic carbocycles. The van der Waals surface area contributed by atoms with Crippen molar-refractivity contribution in [3.05, 3.63) is 131 Å². The van der Waals surface area contributed by atoms with Crippen LogP contribution in [0.1, 0.15) is 49.9 Å². The molecule has 1 nitrogen and oxygen atoms in total. The zero-order valence-electron chi connectivity index (χ0n) is 21.9. The minimum atomic E-state index is 0.00816. The van der Waals surface area contributed by atoms with E-state index < -0.39 is 0 Å². The van der Waals surface area contributed by atoms with Crippen molar-refractivity contribution in [2.75, 3.05) is 5.32 Å². The monoisotopic (exact) mass is 477 g/mol. The van der Waals surface area contributed by atoms with E-state index in [-0.39, 0.29) is 10.8 Å². The fourth-order valence-corrected chi connectivity index (χ4v) is 6.59. The van der Waals surface area contributed by atoms with Crippen molar-refractivity contribution in [1.82, 2.24) is 0 Å². The second-order valence-corrected chi connectivity index (χ2v) is 11.6. The molecule has 0 aliphatic heterocycles. The van der Waals surface area contributed by atoms with E-state index >= 15 is 0 Å². The van der Waals surface area contributed by atoms with Crippen molar-refractivity contribution >= 4 is 11.4 Å². The Morgan fingerprint density at radius 2 is 0.919 bits per heavy atom. The Hall–Kier alpha value is -4.10. The highest BCUT2D eigenvalue weighted by Gasteiger charge is 2.36. The zero-order chi connectivity index (χ0) is 25.4. The lowest BCUT2D eigenvalue weighted by Crippen LogP contribution is -2.15. The predicted octanol–water partition coefficient (Wildman–Crippen LogP) is 9.71. The van der Waals surface area contributed by atoms with Crippen LogP contribution in [0.3, 0.4) is 0 Å². The Morgan fingerprint density at radius 3 is 1.62 bits per heavy atom. The quantitative estimate of drug-likeness (QED) is 0.273. The standard InChI is InChI=1S/C36H31N/c1-35(2)32-12-8-6-10-28(32)30-21-24(15-20-33(30)35)23-13-16-25(17-14-23)37-26-18-19-29-27-9-5-7-11-31(27)36(3,4)34(29)22-26/h5-22,37H,1-4H3. The highest BCUT2D eigenvalue weighted by Crippen LogP contribution is 2.50. The molecule has 0 atom stereocenters. The largest absolute Gasteiger partial charge is 0.356 e. The van der Waals surface area contributed by atoms with E-state index in [4.69, 9.17) is 0 Å². The first-order chi connectivity index (χ1) is 17.8. The molecule has 0 bridgehead atoms. The van der Waals surface area contributed by atoms with E-state index in [1.54, 1.807) is 0 Å². The van der Waals surface area contributed by atoms with Crippen LogP contribution in [0.15, 0.2) is 109 Å². The van der Waals surface area contributed by atoms with Crippen LogP contribution in [0.5, 0.6) is 0 Å². The third-order valence-electron chi connectivity index (χ3n) is 8.67. The summed E-state index contributed by atoms with van der Waals surface area (Å²) in [6, 6.07) is 40.2. The van der Waals surface area contributed by atoms with E-state index in [9.17, 15) is 0 Å². The Bertz CT molecular complexity index is 1690. The van der Waals surface area contributed by atoms with Gasteiger partial charge >= 0.3 is 0 Å². The molecule has 180 valence electrons. The summed E-state index contributed by atoms with van der Waals surface area (Å²) in [7, 11) is 0. The summed E-state index contributed by atoms with van der Waals surface area (Å²) >= 11 is 0.